The van der Waals surface area contributed by atoms with Crippen LogP contribution in [0.1, 0.15) is 39.0 Å². The molecule has 0 aromatic heterocycles. The lowest BCUT2D eigenvalue weighted by Gasteiger charge is -2.38. The summed E-state index contributed by atoms with van der Waals surface area (Å²) in [6.07, 6.45) is 7.25. The van der Waals surface area contributed by atoms with Gasteiger partial charge in [0, 0.05) is 32.4 Å². The first-order chi connectivity index (χ1) is 9.44. The molecule has 0 atom stereocenters. The van der Waals surface area contributed by atoms with Crippen LogP contribution in [0.5, 0.6) is 0 Å². The Balaban J connectivity index is 1.86. The molecule has 1 heterocycles. The zero-order valence-electron chi connectivity index (χ0n) is 12.7. The van der Waals surface area contributed by atoms with Gasteiger partial charge in [0.2, 0.25) is 0 Å². The Kier molecular flexibility index (Phi) is 4.94. The van der Waals surface area contributed by atoms with Crippen molar-refractivity contribution in [2.45, 2.75) is 39.0 Å². The molecule has 1 spiro atoms. The van der Waals surface area contributed by atoms with Crippen molar-refractivity contribution in [2.24, 2.45) is 10.4 Å². The summed E-state index contributed by atoms with van der Waals surface area (Å²) in [5.41, 5.74) is 0.558. The molecule has 0 unspecified atom stereocenters. The van der Waals surface area contributed by atoms with Crippen molar-refractivity contribution in [3.8, 4) is 0 Å². The highest BCUT2D eigenvalue weighted by atomic mass is 32.2. The fourth-order valence-corrected chi connectivity index (χ4v) is 3.79. The van der Waals surface area contributed by atoms with E-state index in [1.54, 1.807) is 0 Å². The molecule has 1 N–H and O–H groups in total. The van der Waals surface area contributed by atoms with E-state index in [2.05, 4.69) is 22.1 Å². The smallest absolute Gasteiger partial charge is 0.193 e. The van der Waals surface area contributed by atoms with Gasteiger partial charge in [-0.25, -0.2) is 8.42 Å². The van der Waals surface area contributed by atoms with E-state index in [4.69, 9.17) is 0 Å². The van der Waals surface area contributed by atoms with E-state index in [1.807, 2.05) is 0 Å². The van der Waals surface area contributed by atoms with Gasteiger partial charge in [0.05, 0.1) is 5.75 Å². The number of likely N-dealkylation sites (tertiary alicyclic amines) is 1. The van der Waals surface area contributed by atoms with Crippen molar-refractivity contribution in [1.29, 1.82) is 0 Å². The molecule has 0 radical (unpaired) electrons. The summed E-state index contributed by atoms with van der Waals surface area (Å²) in [6.45, 7) is 5.71. The molecule has 2 aliphatic rings. The van der Waals surface area contributed by atoms with Gasteiger partial charge in [0.25, 0.3) is 0 Å². The number of hydrogen-bond acceptors (Lipinski definition) is 3. The van der Waals surface area contributed by atoms with E-state index in [9.17, 15) is 8.42 Å². The fourth-order valence-electron chi connectivity index (χ4n) is 3.14. The lowest BCUT2D eigenvalue weighted by Crippen LogP contribution is -2.42. The molecule has 1 aliphatic carbocycles. The summed E-state index contributed by atoms with van der Waals surface area (Å²) >= 11 is 0. The van der Waals surface area contributed by atoms with Crippen molar-refractivity contribution < 1.29 is 8.42 Å². The average Bonchev–Trinajstić information content (AvgIpc) is 2.77. The first kappa shape index (κ1) is 15.6. The standard InChI is InChI=1S/C14H27N3O2S/c1-3-15-13(16-9-5-11-20(2,18)19)17-10-8-14(12-17)6-4-7-14/h3-12H2,1-2H3,(H,15,16). The molecule has 0 bridgehead atoms. The topological polar surface area (TPSA) is 61.8 Å². The average molecular weight is 301 g/mol. The number of sulfone groups is 1. The zero-order valence-corrected chi connectivity index (χ0v) is 13.5. The molecular weight excluding hydrogens is 274 g/mol. The molecule has 0 aromatic rings. The van der Waals surface area contributed by atoms with E-state index in [0.717, 1.165) is 25.6 Å². The van der Waals surface area contributed by atoms with Crippen LogP contribution in [0.25, 0.3) is 0 Å². The van der Waals surface area contributed by atoms with Crippen molar-refractivity contribution >= 4 is 15.8 Å². The summed E-state index contributed by atoms with van der Waals surface area (Å²) < 4.78 is 22.2. The van der Waals surface area contributed by atoms with Crippen LogP contribution >= 0.6 is 0 Å². The van der Waals surface area contributed by atoms with Crippen LogP contribution in [0.4, 0.5) is 0 Å². The van der Waals surface area contributed by atoms with E-state index >= 15 is 0 Å². The highest BCUT2D eigenvalue weighted by Crippen LogP contribution is 2.47. The highest BCUT2D eigenvalue weighted by Gasteiger charge is 2.43. The predicted molar refractivity (Wildman–Crippen MR) is 82.8 cm³/mol. The summed E-state index contributed by atoms with van der Waals surface area (Å²) in [5.74, 6) is 1.18. The third-order valence-electron chi connectivity index (χ3n) is 4.42. The molecule has 1 saturated heterocycles. The molecule has 5 nitrogen and oxygen atoms in total. The second kappa shape index (κ2) is 6.33. The summed E-state index contributed by atoms with van der Waals surface area (Å²) in [6, 6.07) is 0. The number of rotatable bonds is 5. The molecule has 0 amide bonds. The maximum absolute atomic E-state index is 11.1. The minimum absolute atomic E-state index is 0.222. The van der Waals surface area contributed by atoms with Crippen molar-refractivity contribution in [3.63, 3.8) is 0 Å². The molecule has 1 saturated carbocycles. The van der Waals surface area contributed by atoms with Crippen molar-refractivity contribution in [3.05, 3.63) is 0 Å². The van der Waals surface area contributed by atoms with E-state index in [0.29, 0.717) is 18.4 Å². The number of nitrogens with one attached hydrogen (secondary N) is 1. The van der Waals surface area contributed by atoms with Crippen molar-refractivity contribution in [2.75, 3.05) is 38.2 Å². The van der Waals surface area contributed by atoms with Gasteiger partial charge >= 0.3 is 0 Å². The molecule has 20 heavy (non-hydrogen) atoms. The predicted octanol–water partition coefficient (Wildman–Crippen LogP) is 1.26. The molecular formula is C14H27N3O2S. The van der Waals surface area contributed by atoms with Crippen LogP contribution < -0.4 is 5.32 Å². The fraction of sp³-hybridized carbons (Fsp3) is 0.929. The third kappa shape index (κ3) is 4.11. The molecule has 116 valence electrons. The summed E-state index contributed by atoms with van der Waals surface area (Å²) in [5, 5.41) is 3.33. The van der Waals surface area contributed by atoms with Gasteiger partial charge < -0.3 is 10.2 Å². The molecule has 2 rings (SSSR count). The van der Waals surface area contributed by atoms with Crippen LogP contribution in [-0.2, 0) is 9.84 Å². The molecule has 2 fully saturated rings. The van der Waals surface area contributed by atoms with Gasteiger partial charge in [-0.3, -0.25) is 4.99 Å². The lowest BCUT2D eigenvalue weighted by molar-refractivity contribution is 0.151. The maximum atomic E-state index is 11.1. The summed E-state index contributed by atoms with van der Waals surface area (Å²) in [4.78, 5) is 6.94. The molecule has 6 heteroatoms. The molecule has 1 aliphatic heterocycles. The third-order valence-corrected chi connectivity index (χ3v) is 5.45. The normalized spacial score (nSPS) is 22.1. The Morgan fingerprint density at radius 1 is 1.35 bits per heavy atom. The Labute approximate surface area is 122 Å². The Morgan fingerprint density at radius 3 is 2.60 bits per heavy atom. The molecule has 0 aromatic carbocycles. The van der Waals surface area contributed by atoms with E-state index in [-0.39, 0.29) is 5.75 Å². The van der Waals surface area contributed by atoms with Crippen LogP contribution in [-0.4, -0.2) is 57.5 Å². The Hall–Kier alpha value is -0.780. The number of hydrogen-bond donors (Lipinski definition) is 1. The maximum Gasteiger partial charge on any atom is 0.193 e. The highest BCUT2D eigenvalue weighted by molar-refractivity contribution is 7.90. The minimum atomic E-state index is -2.87. The van der Waals surface area contributed by atoms with Crippen molar-refractivity contribution in [1.82, 2.24) is 10.2 Å². The van der Waals surface area contributed by atoms with Crippen LogP contribution in [0.15, 0.2) is 4.99 Å². The van der Waals surface area contributed by atoms with Crippen LogP contribution in [0.3, 0.4) is 0 Å². The van der Waals surface area contributed by atoms with Gasteiger partial charge in [0.15, 0.2) is 5.96 Å². The lowest BCUT2D eigenvalue weighted by atomic mass is 9.68. The summed E-state index contributed by atoms with van der Waals surface area (Å²) in [7, 11) is -2.87. The van der Waals surface area contributed by atoms with Gasteiger partial charge in [-0.15, -0.1) is 0 Å². The largest absolute Gasteiger partial charge is 0.357 e. The first-order valence-electron chi connectivity index (χ1n) is 7.65. The Bertz CT molecular complexity index is 455. The van der Waals surface area contributed by atoms with E-state index < -0.39 is 9.84 Å². The SMILES string of the molecule is CCNC(=NCCCS(C)(=O)=O)N1CCC2(CCC2)C1. The number of aliphatic imine (C=N–C) groups is 1. The van der Waals surface area contributed by atoms with Gasteiger partial charge in [-0.2, -0.15) is 0 Å². The van der Waals surface area contributed by atoms with Crippen LogP contribution in [0, 0.1) is 5.41 Å². The van der Waals surface area contributed by atoms with Gasteiger partial charge in [0.1, 0.15) is 9.84 Å². The minimum Gasteiger partial charge on any atom is -0.357 e. The number of guanidine groups is 1. The van der Waals surface area contributed by atoms with Crippen LogP contribution in [0.2, 0.25) is 0 Å². The van der Waals surface area contributed by atoms with Gasteiger partial charge in [-0.1, -0.05) is 6.42 Å². The number of nitrogens with zero attached hydrogens (tertiary/aromatic N) is 2. The second-order valence-corrected chi connectivity index (χ2v) is 8.50. The quantitative estimate of drug-likeness (QED) is 0.472. The van der Waals surface area contributed by atoms with E-state index in [1.165, 1.54) is 31.9 Å². The first-order valence-corrected chi connectivity index (χ1v) is 9.71. The monoisotopic (exact) mass is 301 g/mol. The second-order valence-electron chi connectivity index (χ2n) is 6.24. The zero-order chi connectivity index (χ0) is 14.6. The Morgan fingerprint density at radius 2 is 2.10 bits per heavy atom. The van der Waals surface area contributed by atoms with Gasteiger partial charge in [-0.05, 0) is 38.0 Å².